The Labute approximate surface area is 87.0 Å². The van der Waals surface area contributed by atoms with E-state index in [-0.39, 0.29) is 0 Å². The van der Waals surface area contributed by atoms with Crippen molar-refractivity contribution < 1.29 is 49.0 Å². The molecule has 0 saturated carbocycles. The second-order valence-electron chi connectivity index (χ2n) is 2.92. The summed E-state index contributed by atoms with van der Waals surface area (Å²) in [4.78, 5) is 0. The molecule has 0 amide bonds. The molecule has 103 valence electrons. The lowest BCUT2D eigenvalue weighted by Crippen LogP contribution is -2.65. The van der Waals surface area contributed by atoms with E-state index in [0.717, 1.165) is 0 Å². The van der Waals surface area contributed by atoms with Gasteiger partial charge < -0.3 is 0 Å². The fourth-order valence-corrected chi connectivity index (χ4v) is 0.667. The van der Waals surface area contributed by atoms with Crippen LogP contribution < -0.4 is 0 Å². The smallest absolute Gasteiger partial charge is 0.230 e. The fraction of sp³-hybridized carbons (Fsp3) is 1.00. The lowest BCUT2D eigenvalue weighted by atomic mass is 9.99. The summed E-state index contributed by atoms with van der Waals surface area (Å²) in [6.45, 7) is -3.16. The van der Waals surface area contributed by atoms with Gasteiger partial charge in [-0.3, -0.25) is 0 Å². The van der Waals surface area contributed by atoms with E-state index in [9.17, 15) is 49.0 Å². The third-order valence-corrected chi connectivity index (χ3v) is 1.73. The van der Waals surface area contributed by atoms with E-state index >= 15 is 0 Å². The largest absolute Gasteiger partial charge is 0.384 e. The Hall–Kier alpha value is -0.740. The molecule has 0 aliphatic heterocycles. The van der Waals surface area contributed by atoms with Crippen LogP contribution in [-0.4, -0.2) is 36.7 Å². The normalized spacial score (nSPS) is 15.5. The van der Waals surface area contributed by atoms with Gasteiger partial charge in [-0.05, 0) is 0 Å². The number of hydrogen-bond acceptors (Lipinski definition) is 0. The second kappa shape index (κ2) is 4.18. The fourth-order valence-electron chi connectivity index (χ4n) is 0.667. The molecular weight excluding hydrogens is 278 g/mol. The molecule has 0 aromatic rings. The Bertz CT molecular complexity index is 272. The predicted octanol–water partition coefficient (Wildman–Crippen LogP) is 3.22. The first-order valence-electron chi connectivity index (χ1n) is 3.63. The molecule has 0 aliphatic rings. The van der Waals surface area contributed by atoms with Crippen molar-refractivity contribution in [2.24, 2.45) is 0 Å². The highest BCUT2D eigenvalue weighted by atomic mass is 19.4. The van der Waals surface area contributed by atoms with Gasteiger partial charge in [-0.15, -0.1) is 0 Å². The highest BCUT2D eigenvalue weighted by Gasteiger charge is 2.82. The molecule has 1 radical (unpaired) electrons. The first kappa shape index (κ1) is 16.3. The molecule has 0 aromatic heterocycles. The first-order chi connectivity index (χ1) is 7.25. The number of alkyl halides is 10. The highest BCUT2D eigenvalue weighted by molar-refractivity contribution is 5.04. The van der Waals surface area contributed by atoms with Crippen LogP contribution in [0.3, 0.4) is 0 Å². The molecule has 0 saturated heterocycles. The van der Waals surface area contributed by atoms with Crippen LogP contribution in [0.5, 0.6) is 0 Å². The van der Waals surface area contributed by atoms with E-state index in [0.29, 0.717) is 0 Å². The van der Waals surface area contributed by atoms with Gasteiger partial charge in [-0.1, -0.05) is 0 Å². The number of rotatable bonds is 5. The molecule has 0 heterocycles. The maximum Gasteiger partial charge on any atom is 0.384 e. The van der Waals surface area contributed by atoms with Crippen molar-refractivity contribution in [1.82, 2.24) is 0 Å². The SMILES string of the molecule is [O]CC(F)(F)C(F)(F)C(F)(F)C(F)(F)C(F)F. The summed E-state index contributed by atoms with van der Waals surface area (Å²) in [5.74, 6) is -26.8. The molecule has 0 fully saturated rings. The van der Waals surface area contributed by atoms with Crippen molar-refractivity contribution >= 4 is 0 Å². The van der Waals surface area contributed by atoms with Gasteiger partial charge in [-0.25, -0.2) is 13.9 Å². The van der Waals surface area contributed by atoms with Crippen molar-refractivity contribution in [2.45, 2.75) is 30.1 Å². The summed E-state index contributed by atoms with van der Waals surface area (Å²) >= 11 is 0. The second-order valence-corrected chi connectivity index (χ2v) is 2.92. The topological polar surface area (TPSA) is 19.9 Å². The Morgan fingerprint density at radius 2 is 1.12 bits per heavy atom. The maximum atomic E-state index is 12.3. The van der Waals surface area contributed by atoms with Gasteiger partial charge >= 0.3 is 30.1 Å². The molecule has 11 heteroatoms. The molecule has 17 heavy (non-hydrogen) atoms. The lowest BCUT2D eigenvalue weighted by molar-refractivity contribution is -0.388. The van der Waals surface area contributed by atoms with Crippen molar-refractivity contribution in [3.05, 3.63) is 0 Å². The summed E-state index contributed by atoms with van der Waals surface area (Å²) in [6, 6.07) is 0. The summed E-state index contributed by atoms with van der Waals surface area (Å²) < 4.78 is 121. The van der Waals surface area contributed by atoms with Gasteiger partial charge in [0.2, 0.25) is 0 Å². The van der Waals surface area contributed by atoms with Gasteiger partial charge in [-0.2, -0.15) is 35.1 Å². The van der Waals surface area contributed by atoms with Crippen LogP contribution >= 0.6 is 0 Å². The molecule has 0 rings (SSSR count). The van der Waals surface area contributed by atoms with E-state index in [4.69, 9.17) is 0 Å². The minimum atomic E-state index is -7.07. The molecule has 0 aromatic carbocycles. The maximum absolute atomic E-state index is 12.3. The standard InChI is InChI=1S/C6H3F10O/c7-2(8)4(11,12)6(15,16)5(13,14)3(9,10)1-17/h2H,1H2. The van der Waals surface area contributed by atoms with Gasteiger partial charge in [0.15, 0.2) is 6.61 Å². The molecule has 1 nitrogen and oxygen atoms in total. The zero-order valence-corrected chi connectivity index (χ0v) is 7.47. The van der Waals surface area contributed by atoms with Crippen molar-refractivity contribution in [2.75, 3.05) is 6.61 Å². The van der Waals surface area contributed by atoms with Crippen LogP contribution in [0, 0.1) is 0 Å². The number of halogens is 10. The average molecular weight is 281 g/mol. The monoisotopic (exact) mass is 281 g/mol. The van der Waals surface area contributed by atoms with Crippen LogP contribution in [0.4, 0.5) is 43.9 Å². The summed E-state index contributed by atoms with van der Waals surface area (Å²) in [7, 11) is 0. The minimum absolute atomic E-state index is 3.16. The van der Waals surface area contributed by atoms with Crippen LogP contribution in [-0.2, 0) is 5.11 Å². The van der Waals surface area contributed by atoms with Crippen molar-refractivity contribution in [3.63, 3.8) is 0 Å². The van der Waals surface area contributed by atoms with Crippen molar-refractivity contribution in [3.8, 4) is 0 Å². The van der Waals surface area contributed by atoms with E-state index < -0.39 is 36.7 Å². The molecule has 0 atom stereocenters. The Morgan fingerprint density at radius 1 is 0.765 bits per heavy atom. The van der Waals surface area contributed by atoms with E-state index in [1.165, 1.54) is 0 Å². The van der Waals surface area contributed by atoms with Gasteiger partial charge in [0.05, 0.1) is 0 Å². The molecular formula is C6H3F10O. The Morgan fingerprint density at radius 3 is 1.35 bits per heavy atom. The Balaban J connectivity index is 5.61. The highest BCUT2D eigenvalue weighted by Crippen LogP contribution is 2.54. The molecule has 0 bridgehead atoms. The van der Waals surface area contributed by atoms with Crippen LogP contribution in [0.1, 0.15) is 0 Å². The quantitative estimate of drug-likeness (QED) is 0.689. The van der Waals surface area contributed by atoms with E-state index in [1.54, 1.807) is 0 Å². The van der Waals surface area contributed by atoms with Gasteiger partial charge in [0.25, 0.3) is 0 Å². The zero-order chi connectivity index (χ0) is 14.3. The summed E-state index contributed by atoms with van der Waals surface area (Å²) in [5.41, 5.74) is 0. The van der Waals surface area contributed by atoms with Gasteiger partial charge in [0, 0.05) is 0 Å². The lowest BCUT2D eigenvalue weighted by Gasteiger charge is -2.35. The van der Waals surface area contributed by atoms with Gasteiger partial charge in [0.1, 0.15) is 0 Å². The van der Waals surface area contributed by atoms with E-state index in [2.05, 4.69) is 0 Å². The average Bonchev–Trinajstić information content (AvgIpc) is 2.16. The first-order valence-corrected chi connectivity index (χ1v) is 3.63. The molecule has 0 spiro atoms. The third-order valence-electron chi connectivity index (χ3n) is 1.73. The molecule has 0 N–H and O–H groups in total. The number of hydrogen-bond donors (Lipinski definition) is 0. The minimum Gasteiger partial charge on any atom is -0.230 e. The van der Waals surface area contributed by atoms with Crippen LogP contribution in [0.15, 0.2) is 0 Å². The predicted molar refractivity (Wildman–Crippen MR) is 31.3 cm³/mol. The molecule has 0 unspecified atom stereocenters. The summed E-state index contributed by atoms with van der Waals surface area (Å²) in [5, 5.41) is 9.55. The van der Waals surface area contributed by atoms with E-state index in [1.807, 2.05) is 0 Å². The summed E-state index contributed by atoms with van der Waals surface area (Å²) in [6.07, 6.45) is -5.30. The van der Waals surface area contributed by atoms with Crippen LogP contribution in [0.25, 0.3) is 0 Å². The van der Waals surface area contributed by atoms with Crippen molar-refractivity contribution in [1.29, 1.82) is 0 Å². The van der Waals surface area contributed by atoms with Crippen LogP contribution in [0.2, 0.25) is 0 Å². The molecule has 0 aliphatic carbocycles. The Kier molecular flexibility index (Phi) is 3.99. The third kappa shape index (κ3) is 2.16. The zero-order valence-electron chi connectivity index (χ0n) is 7.47.